The maximum Gasteiger partial charge on any atom is 0.330 e. The number of aromatic hydroxyl groups is 1. The number of anilines is 1. The minimum absolute atomic E-state index is 0.0298. The normalized spacial score (nSPS) is 11.4. The molecule has 108 valence electrons. The molecule has 2 N–H and O–H groups in total. The average molecular weight is 277 g/mol. The molecule has 0 heterocycles. The molecule has 0 bridgehead atoms. The third kappa shape index (κ3) is 4.42. The summed E-state index contributed by atoms with van der Waals surface area (Å²) in [6, 6.07) is 5.04. The molecule has 0 aromatic heterocycles. The van der Waals surface area contributed by atoms with Gasteiger partial charge < -0.3 is 15.2 Å². The first kappa shape index (κ1) is 15.8. The van der Waals surface area contributed by atoms with E-state index in [0.717, 1.165) is 17.7 Å². The van der Waals surface area contributed by atoms with Gasteiger partial charge in [0.25, 0.3) is 0 Å². The number of phenols is 1. The highest BCUT2D eigenvalue weighted by atomic mass is 16.5. The van der Waals surface area contributed by atoms with Crippen molar-refractivity contribution in [2.75, 3.05) is 12.4 Å². The van der Waals surface area contributed by atoms with Crippen molar-refractivity contribution in [2.45, 2.75) is 26.2 Å². The summed E-state index contributed by atoms with van der Waals surface area (Å²) in [6.45, 7) is 6.09. The smallest absolute Gasteiger partial charge is 0.330 e. The van der Waals surface area contributed by atoms with E-state index in [9.17, 15) is 14.7 Å². The minimum atomic E-state index is -0.618. The van der Waals surface area contributed by atoms with Crippen LogP contribution < -0.4 is 5.32 Å². The van der Waals surface area contributed by atoms with Gasteiger partial charge in [0.2, 0.25) is 5.91 Å². The van der Waals surface area contributed by atoms with Crippen LogP contribution in [0.5, 0.6) is 5.75 Å². The predicted octanol–water partition coefficient (Wildman–Crippen LogP) is 2.36. The van der Waals surface area contributed by atoms with E-state index in [2.05, 4.69) is 10.1 Å². The van der Waals surface area contributed by atoms with Crippen molar-refractivity contribution in [3.63, 3.8) is 0 Å². The van der Waals surface area contributed by atoms with E-state index in [-0.39, 0.29) is 11.2 Å². The Morgan fingerprint density at radius 1 is 1.25 bits per heavy atom. The van der Waals surface area contributed by atoms with E-state index in [1.165, 1.54) is 13.2 Å². The van der Waals surface area contributed by atoms with Gasteiger partial charge >= 0.3 is 5.97 Å². The molecule has 0 atom stereocenters. The second-order valence-corrected chi connectivity index (χ2v) is 5.33. The fourth-order valence-electron chi connectivity index (χ4n) is 1.49. The van der Waals surface area contributed by atoms with Gasteiger partial charge in [-0.05, 0) is 23.1 Å². The van der Waals surface area contributed by atoms with Gasteiger partial charge in [-0.3, -0.25) is 4.79 Å². The first-order valence-corrected chi connectivity index (χ1v) is 6.14. The number of rotatable bonds is 3. The Bertz CT molecular complexity index is 541. The van der Waals surface area contributed by atoms with Crippen molar-refractivity contribution in [2.24, 2.45) is 0 Å². The third-order valence-electron chi connectivity index (χ3n) is 2.69. The summed E-state index contributed by atoms with van der Waals surface area (Å²) < 4.78 is 4.38. The number of ether oxygens (including phenoxy) is 1. The third-order valence-corrected chi connectivity index (χ3v) is 2.69. The average Bonchev–Trinajstić information content (AvgIpc) is 2.37. The fourth-order valence-corrected chi connectivity index (χ4v) is 1.49. The zero-order valence-electron chi connectivity index (χ0n) is 12.1. The molecule has 1 amide bonds. The zero-order chi connectivity index (χ0) is 15.3. The maximum atomic E-state index is 11.6. The Labute approximate surface area is 118 Å². The van der Waals surface area contributed by atoms with Crippen LogP contribution in [0.1, 0.15) is 26.3 Å². The number of methoxy groups -OCH3 is 1. The van der Waals surface area contributed by atoms with Gasteiger partial charge in [0, 0.05) is 12.2 Å². The quantitative estimate of drug-likeness (QED) is 0.505. The standard InChI is InChI=1S/C15H19NO4/c1-15(2,3)10-5-6-12(17)11(9-10)16-13(18)7-8-14(19)20-4/h5-9,17H,1-4H3,(H,16,18)/b8-7-. The van der Waals surface area contributed by atoms with Gasteiger partial charge in [-0.15, -0.1) is 0 Å². The Morgan fingerprint density at radius 3 is 2.45 bits per heavy atom. The highest BCUT2D eigenvalue weighted by molar-refractivity contribution is 6.03. The van der Waals surface area contributed by atoms with Crippen LogP contribution in [0, 0.1) is 0 Å². The Balaban J connectivity index is 2.89. The lowest BCUT2D eigenvalue weighted by molar-refractivity contribution is -0.135. The molecule has 0 aliphatic carbocycles. The van der Waals surface area contributed by atoms with Crippen molar-refractivity contribution in [1.82, 2.24) is 0 Å². The second kappa shape index (κ2) is 6.23. The van der Waals surface area contributed by atoms with E-state index < -0.39 is 11.9 Å². The van der Waals surface area contributed by atoms with Crippen LogP contribution in [0.25, 0.3) is 0 Å². The van der Waals surface area contributed by atoms with Crippen LogP contribution in [0.4, 0.5) is 5.69 Å². The Morgan fingerprint density at radius 2 is 1.90 bits per heavy atom. The van der Waals surface area contributed by atoms with Crippen LogP contribution in [-0.4, -0.2) is 24.1 Å². The molecule has 5 heteroatoms. The summed E-state index contributed by atoms with van der Waals surface area (Å²) in [5, 5.41) is 12.3. The van der Waals surface area contributed by atoms with Gasteiger partial charge in [-0.25, -0.2) is 4.79 Å². The molecule has 0 spiro atoms. The van der Waals surface area contributed by atoms with Crippen LogP contribution in [-0.2, 0) is 19.7 Å². The van der Waals surface area contributed by atoms with Gasteiger partial charge in [-0.2, -0.15) is 0 Å². The molecule has 0 fully saturated rings. The lowest BCUT2D eigenvalue weighted by Crippen LogP contribution is -2.13. The van der Waals surface area contributed by atoms with Gasteiger partial charge in [-0.1, -0.05) is 26.8 Å². The molecule has 0 saturated heterocycles. The molecular weight excluding hydrogens is 258 g/mol. The molecule has 20 heavy (non-hydrogen) atoms. The number of esters is 1. The number of hydrogen-bond acceptors (Lipinski definition) is 4. The molecule has 1 rings (SSSR count). The van der Waals surface area contributed by atoms with E-state index in [4.69, 9.17) is 0 Å². The van der Waals surface area contributed by atoms with Crippen LogP contribution >= 0.6 is 0 Å². The minimum Gasteiger partial charge on any atom is -0.506 e. The Hall–Kier alpha value is -2.30. The monoisotopic (exact) mass is 277 g/mol. The van der Waals surface area contributed by atoms with Gasteiger partial charge in [0.1, 0.15) is 5.75 Å². The topological polar surface area (TPSA) is 75.6 Å². The van der Waals surface area contributed by atoms with Crippen molar-refractivity contribution in [1.29, 1.82) is 0 Å². The van der Waals surface area contributed by atoms with Crippen molar-refractivity contribution in [3.8, 4) is 5.75 Å². The lowest BCUT2D eigenvalue weighted by atomic mass is 9.87. The first-order chi connectivity index (χ1) is 9.24. The number of hydrogen-bond donors (Lipinski definition) is 2. The highest BCUT2D eigenvalue weighted by Crippen LogP contribution is 2.30. The molecule has 0 unspecified atom stereocenters. The first-order valence-electron chi connectivity index (χ1n) is 6.14. The molecule has 0 aliphatic heterocycles. The predicted molar refractivity (Wildman–Crippen MR) is 76.6 cm³/mol. The van der Waals surface area contributed by atoms with Crippen molar-refractivity contribution >= 4 is 17.6 Å². The molecule has 0 saturated carbocycles. The van der Waals surface area contributed by atoms with E-state index in [1.807, 2.05) is 20.8 Å². The summed E-state index contributed by atoms with van der Waals surface area (Å²) in [5.41, 5.74) is 1.18. The molecule has 5 nitrogen and oxygen atoms in total. The zero-order valence-corrected chi connectivity index (χ0v) is 12.1. The van der Waals surface area contributed by atoms with Crippen LogP contribution in [0.3, 0.4) is 0 Å². The van der Waals surface area contributed by atoms with Crippen molar-refractivity contribution < 1.29 is 19.4 Å². The number of amides is 1. The number of carbonyl (C=O) groups excluding carboxylic acids is 2. The molecule has 0 radical (unpaired) electrons. The van der Waals surface area contributed by atoms with Gasteiger partial charge in [0.15, 0.2) is 0 Å². The second-order valence-electron chi connectivity index (χ2n) is 5.33. The number of benzene rings is 1. The fraction of sp³-hybridized carbons (Fsp3) is 0.333. The van der Waals surface area contributed by atoms with E-state index in [0.29, 0.717) is 5.69 Å². The number of phenolic OH excluding ortho intramolecular Hbond substituents is 1. The van der Waals surface area contributed by atoms with Crippen LogP contribution in [0.15, 0.2) is 30.4 Å². The SMILES string of the molecule is COC(=O)/C=C\C(=O)Nc1cc(C(C)(C)C)ccc1O. The number of carbonyl (C=O) groups is 2. The molecular formula is C15H19NO4. The summed E-state index contributed by atoms with van der Waals surface area (Å²) in [6.07, 6.45) is 2.06. The summed E-state index contributed by atoms with van der Waals surface area (Å²) in [4.78, 5) is 22.5. The van der Waals surface area contributed by atoms with E-state index >= 15 is 0 Å². The summed E-state index contributed by atoms with van der Waals surface area (Å²) >= 11 is 0. The Kier molecular flexibility index (Phi) is 4.91. The van der Waals surface area contributed by atoms with Gasteiger partial charge in [0.05, 0.1) is 12.8 Å². The molecule has 1 aromatic carbocycles. The highest BCUT2D eigenvalue weighted by Gasteiger charge is 2.16. The van der Waals surface area contributed by atoms with Crippen LogP contribution in [0.2, 0.25) is 0 Å². The molecule has 0 aliphatic rings. The maximum absolute atomic E-state index is 11.6. The lowest BCUT2D eigenvalue weighted by Gasteiger charge is -2.20. The largest absolute Gasteiger partial charge is 0.506 e. The number of nitrogens with one attached hydrogen (secondary N) is 1. The molecule has 1 aromatic rings. The van der Waals surface area contributed by atoms with Crippen molar-refractivity contribution in [3.05, 3.63) is 35.9 Å². The van der Waals surface area contributed by atoms with E-state index in [1.54, 1.807) is 12.1 Å². The summed E-state index contributed by atoms with van der Waals surface area (Å²) in [5.74, 6) is -1.16. The summed E-state index contributed by atoms with van der Waals surface area (Å²) in [7, 11) is 1.23.